The molecule has 7 nitrogen and oxygen atoms in total. The van der Waals surface area contributed by atoms with Gasteiger partial charge in [0.05, 0.1) is 26.1 Å². The fourth-order valence-electron chi connectivity index (χ4n) is 6.95. The van der Waals surface area contributed by atoms with E-state index in [-0.39, 0.29) is 5.78 Å². The van der Waals surface area contributed by atoms with Gasteiger partial charge < -0.3 is 18.9 Å². The Bertz CT molecular complexity index is 859. The van der Waals surface area contributed by atoms with Gasteiger partial charge in [-0.1, -0.05) is 18.2 Å². The topological polar surface area (TPSA) is 88.1 Å². The molecule has 5 aliphatic rings. The molecule has 1 saturated heterocycles. The van der Waals surface area contributed by atoms with Crippen LogP contribution in [0.25, 0.3) is 0 Å². The summed E-state index contributed by atoms with van der Waals surface area (Å²) in [4.78, 5) is 39.7. The van der Waals surface area contributed by atoms with Gasteiger partial charge in [0.1, 0.15) is 0 Å². The zero-order valence-electron chi connectivity index (χ0n) is 17.0. The molecule has 4 bridgehead atoms. The average molecular weight is 402 g/mol. The molecule has 0 aromatic rings. The number of esters is 2. The summed E-state index contributed by atoms with van der Waals surface area (Å²) in [5.41, 5.74) is -2.99. The first-order valence-corrected chi connectivity index (χ1v) is 9.75. The van der Waals surface area contributed by atoms with E-state index < -0.39 is 46.0 Å². The lowest BCUT2D eigenvalue weighted by atomic mass is 9.35. The normalized spacial score (nSPS) is 44.1. The quantitative estimate of drug-likeness (QED) is 0.497. The Labute approximate surface area is 169 Å². The van der Waals surface area contributed by atoms with Crippen molar-refractivity contribution in [3.05, 3.63) is 37.0 Å². The Hall–Kier alpha value is -2.25. The Morgan fingerprint density at radius 1 is 1.24 bits per heavy atom. The summed E-state index contributed by atoms with van der Waals surface area (Å²) in [5, 5.41) is 0. The Kier molecular flexibility index (Phi) is 4.23. The second kappa shape index (κ2) is 6.12. The molecule has 7 heteroatoms. The molecule has 4 aliphatic carbocycles. The number of allylic oxidation sites excluding steroid dienone is 3. The molecule has 29 heavy (non-hydrogen) atoms. The first-order valence-electron chi connectivity index (χ1n) is 9.75. The number of hydrogen-bond donors (Lipinski definition) is 0. The summed E-state index contributed by atoms with van der Waals surface area (Å²) < 4.78 is 22.4. The van der Waals surface area contributed by atoms with Gasteiger partial charge in [-0.25, -0.2) is 9.59 Å². The Morgan fingerprint density at radius 2 is 1.97 bits per heavy atom. The molecule has 0 N–H and O–H groups in total. The third-order valence-corrected chi connectivity index (χ3v) is 7.78. The van der Waals surface area contributed by atoms with E-state index in [2.05, 4.69) is 13.2 Å². The molecule has 0 unspecified atom stereocenters. The number of methoxy groups -OCH3 is 3. The number of Topliss-reactive ketones (excluding diaryl/α,β-unsaturated/α-hetero) is 1. The highest BCUT2D eigenvalue weighted by atomic mass is 16.7. The number of carbonyl (C=O) groups is 3. The van der Waals surface area contributed by atoms with E-state index >= 15 is 0 Å². The fourth-order valence-corrected chi connectivity index (χ4v) is 6.95. The predicted octanol–water partition coefficient (Wildman–Crippen LogP) is 2.12. The van der Waals surface area contributed by atoms with E-state index in [4.69, 9.17) is 18.9 Å². The van der Waals surface area contributed by atoms with Crippen molar-refractivity contribution in [1.29, 1.82) is 0 Å². The van der Waals surface area contributed by atoms with Crippen molar-refractivity contribution in [2.24, 2.45) is 22.7 Å². The third kappa shape index (κ3) is 1.80. The molecule has 2 saturated carbocycles. The van der Waals surface area contributed by atoms with E-state index in [0.29, 0.717) is 31.3 Å². The zero-order valence-corrected chi connectivity index (χ0v) is 17.0. The van der Waals surface area contributed by atoms with Crippen LogP contribution in [0.15, 0.2) is 37.0 Å². The summed E-state index contributed by atoms with van der Waals surface area (Å²) in [6.07, 6.45) is 7.07. The molecule has 0 radical (unpaired) electrons. The maximum Gasteiger partial charge on any atom is 0.338 e. The number of ether oxygens (including phenoxy) is 4. The van der Waals surface area contributed by atoms with Crippen LogP contribution < -0.4 is 0 Å². The molecular weight excluding hydrogens is 376 g/mol. The van der Waals surface area contributed by atoms with Crippen molar-refractivity contribution < 1.29 is 33.3 Å². The first-order chi connectivity index (χ1) is 13.8. The molecule has 6 atom stereocenters. The third-order valence-electron chi connectivity index (χ3n) is 7.78. The summed E-state index contributed by atoms with van der Waals surface area (Å²) in [7, 11) is 3.95. The van der Waals surface area contributed by atoms with Crippen LogP contribution in [-0.2, 0) is 33.3 Å². The van der Waals surface area contributed by atoms with Crippen molar-refractivity contribution in [2.75, 3.05) is 21.3 Å². The van der Waals surface area contributed by atoms with Gasteiger partial charge in [0, 0.05) is 23.5 Å². The number of ketones is 1. The van der Waals surface area contributed by atoms with Gasteiger partial charge in [0.2, 0.25) is 5.79 Å². The zero-order chi connectivity index (χ0) is 21.2. The second-order valence-corrected chi connectivity index (χ2v) is 8.24. The molecule has 156 valence electrons. The van der Waals surface area contributed by atoms with Crippen molar-refractivity contribution in [2.45, 2.75) is 37.1 Å². The summed E-state index contributed by atoms with van der Waals surface area (Å²) >= 11 is 0. The molecule has 0 spiro atoms. The molecule has 0 aromatic carbocycles. The van der Waals surface area contributed by atoms with Crippen molar-refractivity contribution in [3.8, 4) is 0 Å². The standard InChI is InChI=1S/C22H26O7/c1-6-9-20-15-13(17(24)26-3)12-14-16(23)22(15,28-5)29-21(20,18(25)27-4)11-8-10-19(14,20)7-2/h6-7,12,14-15H,1-2,8-11H2,3-5H3/t14-,15-,19+,20-,21-,22+/m1/s1. The van der Waals surface area contributed by atoms with E-state index in [9.17, 15) is 14.4 Å². The van der Waals surface area contributed by atoms with Gasteiger partial charge in [0.15, 0.2) is 11.4 Å². The molecule has 1 heterocycles. The van der Waals surface area contributed by atoms with Crippen LogP contribution in [0, 0.1) is 22.7 Å². The highest BCUT2D eigenvalue weighted by Gasteiger charge is 2.89. The van der Waals surface area contributed by atoms with Crippen LogP contribution in [0.3, 0.4) is 0 Å². The average Bonchev–Trinajstić information content (AvgIpc) is 3.02. The van der Waals surface area contributed by atoms with Gasteiger partial charge in [-0.2, -0.15) is 0 Å². The summed E-state index contributed by atoms with van der Waals surface area (Å²) in [6.45, 7) is 7.98. The van der Waals surface area contributed by atoms with Crippen LogP contribution in [0.5, 0.6) is 0 Å². The minimum Gasteiger partial charge on any atom is -0.467 e. The number of rotatable bonds is 6. The minimum atomic E-state index is -1.77. The SMILES string of the molecule is C=CC[C@]12[C@H]3C(C(=O)OC)=C[C@@H]4C(=O)[C@@]3(OC)O[C@@]1(C(=O)OC)CCC[C@@]42C=C. The largest absolute Gasteiger partial charge is 0.467 e. The van der Waals surface area contributed by atoms with Gasteiger partial charge in [-0.15, -0.1) is 13.2 Å². The van der Waals surface area contributed by atoms with E-state index in [1.807, 2.05) is 0 Å². The van der Waals surface area contributed by atoms with Crippen molar-refractivity contribution in [1.82, 2.24) is 0 Å². The van der Waals surface area contributed by atoms with E-state index in [0.717, 1.165) is 0 Å². The smallest absolute Gasteiger partial charge is 0.338 e. The lowest BCUT2D eigenvalue weighted by Crippen LogP contribution is -2.72. The van der Waals surface area contributed by atoms with Gasteiger partial charge in [-0.3, -0.25) is 4.79 Å². The van der Waals surface area contributed by atoms with Crippen LogP contribution in [-0.4, -0.2) is 50.4 Å². The van der Waals surface area contributed by atoms with Crippen LogP contribution in [0.2, 0.25) is 0 Å². The Morgan fingerprint density at radius 3 is 2.52 bits per heavy atom. The predicted molar refractivity (Wildman–Crippen MR) is 101 cm³/mol. The Balaban J connectivity index is 2.16. The maximum atomic E-state index is 13.7. The molecular formula is C22H26O7. The minimum absolute atomic E-state index is 0.297. The van der Waals surface area contributed by atoms with Crippen LogP contribution >= 0.6 is 0 Å². The van der Waals surface area contributed by atoms with Gasteiger partial charge >= 0.3 is 11.9 Å². The maximum absolute atomic E-state index is 13.7. The van der Waals surface area contributed by atoms with Crippen molar-refractivity contribution >= 4 is 17.7 Å². The lowest BCUT2D eigenvalue weighted by molar-refractivity contribution is -0.245. The summed E-state index contributed by atoms with van der Waals surface area (Å²) in [6, 6.07) is 0. The lowest BCUT2D eigenvalue weighted by Gasteiger charge is -2.65. The second-order valence-electron chi connectivity index (χ2n) is 8.24. The van der Waals surface area contributed by atoms with Gasteiger partial charge in [-0.05, 0) is 25.7 Å². The molecule has 0 amide bonds. The highest BCUT2D eigenvalue weighted by molar-refractivity contribution is 6.03. The van der Waals surface area contributed by atoms with E-state index in [1.165, 1.54) is 21.3 Å². The number of carbonyl (C=O) groups excluding carboxylic acids is 3. The molecule has 5 rings (SSSR count). The number of hydrogen-bond acceptors (Lipinski definition) is 7. The van der Waals surface area contributed by atoms with Crippen molar-refractivity contribution in [3.63, 3.8) is 0 Å². The fraction of sp³-hybridized carbons (Fsp3) is 0.591. The van der Waals surface area contributed by atoms with Crippen LogP contribution in [0.4, 0.5) is 0 Å². The highest BCUT2D eigenvalue weighted by Crippen LogP contribution is 2.79. The molecule has 1 aliphatic heterocycles. The van der Waals surface area contributed by atoms with Gasteiger partial charge in [0.25, 0.3) is 0 Å². The monoisotopic (exact) mass is 402 g/mol. The summed E-state index contributed by atoms with van der Waals surface area (Å²) in [5.74, 6) is -4.79. The first kappa shape index (κ1) is 20.0. The van der Waals surface area contributed by atoms with Crippen LogP contribution in [0.1, 0.15) is 25.7 Å². The van der Waals surface area contributed by atoms with E-state index in [1.54, 1.807) is 18.2 Å². The molecule has 0 aromatic heterocycles. The molecule has 3 fully saturated rings.